The van der Waals surface area contributed by atoms with Crippen LogP contribution in [0.3, 0.4) is 0 Å². The standard InChI is InChI=1S/C28H28N2O7/c1-12-7-9-13(10-8-12)18-14-5-4-6-17(31)19(14)23(32)20-15(18)11-16-22(30(2)3)24(33)21(27(29)36)26(35)28(16,37)25(20)34/h4-10,15-16,18,20-22,31,37H,11H2,1-3H3,(H2,29,36)/t15-,16+,18-,20?,21?,22+,28+/m1/s1. The fourth-order valence-corrected chi connectivity index (χ4v) is 6.79. The van der Waals surface area contributed by atoms with Gasteiger partial charge in [0.2, 0.25) is 5.91 Å². The molecular weight excluding hydrogens is 476 g/mol. The third-order valence-corrected chi connectivity index (χ3v) is 8.39. The Morgan fingerprint density at radius 1 is 1.00 bits per heavy atom. The Labute approximate surface area is 213 Å². The lowest BCUT2D eigenvalue weighted by Crippen LogP contribution is -2.74. The first-order valence-corrected chi connectivity index (χ1v) is 12.1. The number of amides is 1. The van der Waals surface area contributed by atoms with Gasteiger partial charge in [0.05, 0.1) is 17.5 Å². The highest BCUT2D eigenvalue weighted by Gasteiger charge is 2.70. The Balaban J connectivity index is 1.75. The van der Waals surface area contributed by atoms with Crippen molar-refractivity contribution in [3.63, 3.8) is 0 Å². The summed E-state index contributed by atoms with van der Waals surface area (Å²) < 4.78 is 0. The van der Waals surface area contributed by atoms with Crippen LogP contribution in [-0.4, -0.2) is 69.9 Å². The molecule has 7 atom stereocenters. The van der Waals surface area contributed by atoms with E-state index < -0.39 is 70.3 Å². The quantitative estimate of drug-likeness (QED) is 0.518. The summed E-state index contributed by atoms with van der Waals surface area (Å²) in [6, 6.07) is 11.1. The number of phenolic OH excluding ortho intramolecular Hbond substituents is 1. The second-order valence-corrected chi connectivity index (χ2v) is 10.6. The molecule has 3 aliphatic carbocycles. The van der Waals surface area contributed by atoms with Gasteiger partial charge in [0.1, 0.15) is 5.75 Å². The van der Waals surface area contributed by atoms with E-state index in [-0.39, 0.29) is 17.7 Å². The van der Waals surface area contributed by atoms with Gasteiger partial charge in [-0.3, -0.25) is 28.9 Å². The van der Waals surface area contributed by atoms with Crippen LogP contribution in [-0.2, 0) is 19.2 Å². The number of aromatic hydroxyl groups is 1. The first-order chi connectivity index (χ1) is 17.4. The molecule has 0 heterocycles. The van der Waals surface area contributed by atoms with Gasteiger partial charge in [0.25, 0.3) is 0 Å². The minimum atomic E-state index is -2.75. The molecule has 0 radical (unpaired) electrons. The average molecular weight is 505 g/mol. The first kappa shape index (κ1) is 25.0. The van der Waals surface area contributed by atoms with E-state index in [0.29, 0.717) is 5.56 Å². The maximum atomic E-state index is 14.1. The van der Waals surface area contributed by atoms with Crippen LogP contribution in [0.2, 0.25) is 0 Å². The number of primary amides is 1. The van der Waals surface area contributed by atoms with E-state index in [9.17, 15) is 34.2 Å². The summed E-state index contributed by atoms with van der Waals surface area (Å²) in [5.41, 5.74) is 4.93. The van der Waals surface area contributed by atoms with E-state index in [4.69, 9.17) is 5.73 Å². The molecule has 2 aromatic rings. The summed E-state index contributed by atoms with van der Waals surface area (Å²) in [5.74, 6) is -11.2. The Bertz CT molecular complexity index is 1370. The fourth-order valence-electron chi connectivity index (χ4n) is 6.79. The van der Waals surface area contributed by atoms with Gasteiger partial charge in [0, 0.05) is 11.8 Å². The second kappa shape index (κ2) is 8.43. The maximum absolute atomic E-state index is 14.1. The summed E-state index contributed by atoms with van der Waals surface area (Å²) in [4.78, 5) is 68.1. The number of phenols is 1. The lowest BCUT2D eigenvalue weighted by atomic mass is 9.50. The van der Waals surface area contributed by atoms with Crippen LogP contribution in [0, 0.1) is 30.6 Å². The molecule has 5 rings (SSSR count). The molecule has 1 amide bonds. The maximum Gasteiger partial charge on any atom is 0.235 e. The normalized spacial score (nSPS) is 33.1. The predicted octanol–water partition coefficient (Wildman–Crippen LogP) is 0.765. The van der Waals surface area contributed by atoms with Gasteiger partial charge in [-0.2, -0.15) is 0 Å². The SMILES string of the molecule is Cc1ccc([C@@H]2c3cccc(O)c3C(=O)C3C(=O)[C@]4(O)C(=O)C(C(N)=O)C(=O)[C@@H](N(C)C)[C@@H]4C[C@@H]32)cc1. The van der Waals surface area contributed by atoms with Crippen molar-refractivity contribution < 1.29 is 34.2 Å². The van der Waals surface area contributed by atoms with Gasteiger partial charge in [-0.05, 0) is 50.6 Å². The smallest absolute Gasteiger partial charge is 0.235 e. The summed E-state index contributed by atoms with van der Waals surface area (Å²) in [6.45, 7) is 1.93. The van der Waals surface area contributed by atoms with Crippen LogP contribution in [0.5, 0.6) is 5.75 Å². The van der Waals surface area contributed by atoms with Crippen LogP contribution >= 0.6 is 0 Å². The van der Waals surface area contributed by atoms with Crippen molar-refractivity contribution in [1.82, 2.24) is 4.90 Å². The van der Waals surface area contributed by atoms with Gasteiger partial charge in [-0.1, -0.05) is 42.0 Å². The number of aliphatic hydroxyl groups is 1. The molecule has 2 saturated carbocycles. The highest BCUT2D eigenvalue weighted by molar-refractivity contribution is 6.32. The number of benzene rings is 2. The number of fused-ring (bicyclic) bond motifs is 3. The molecule has 2 fully saturated rings. The first-order valence-electron chi connectivity index (χ1n) is 12.1. The van der Waals surface area contributed by atoms with Crippen molar-refractivity contribution >= 4 is 29.0 Å². The van der Waals surface area contributed by atoms with Crippen molar-refractivity contribution in [2.75, 3.05) is 14.1 Å². The van der Waals surface area contributed by atoms with E-state index in [0.717, 1.165) is 11.1 Å². The van der Waals surface area contributed by atoms with Gasteiger partial charge in [0.15, 0.2) is 34.7 Å². The van der Waals surface area contributed by atoms with Gasteiger partial charge in [-0.15, -0.1) is 0 Å². The van der Waals surface area contributed by atoms with Crippen molar-refractivity contribution in [2.45, 2.75) is 30.9 Å². The predicted molar refractivity (Wildman–Crippen MR) is 131 cm³/mol. The molecule has 2 unspecified atom stereocenters. The minimum Gasteiger partial charge on any atom is -0.507 e. The second-order valence-electron chi connectivity index (χ2n) is 10.6. The number of hydrogen-bond acceptors (Lipinski definition) is 8. The third-order valence-electron chi connectivity index (χ3n) is 8.39. The van der Waals surface area contributed by atoms with E-state index >= 15 is 0 Å². The van der Waals surface area contributed by atoms with Gasteiger partial charge >= 0.3 is 0 Å². The Morgan fingerprint density at radius 2 is 1.65 bits per heavy atom. The zero-order valence-corrected chi connectivity index (χ0v) is 20.7. The zero-order valence-electron chi connectivity index (χ0n) is 20.7. The number of nitrogens with two attached hydrogens (primary N) is 1. The number of aryl methyl sites for hydroxylation is 1. The molecule has 0 bridgehead atoms. The van der Waals surface area contributed by atoms with E-state index in [1.807, 2.05) is 31.2 Å². The summed E-state index contributed by atoms with van der Waals surface area (Å²) in [7, 11) is 3.12. The number of ketones is 4. The Hall–Kier alpha value is -3.69. The molecule has 0 saturated heterocycles. The number of carbonyl (C=O) groups is 5. The van der Waals surface area contributed by atoms with Crippen molar-refractivity contribution in [3.05, 3.63) is 64.7 Å². The number of Topliss-reactive ketones (excluding diaryl/α,β-unsaturated/α-hetero) is 4. The number of carbonyl (C=O) groups excluding carboxylic acids is 5. The lowest BCUT2D eigenvalue weighted by Gasteiger charge is -2.54. The van der Waals surface area contributed by atoms with Crippen molar-refractivity contribution in [3.8, 4) is 5.75 Å². The number of nitrogens with zero attached hydrogens (tertiary/aromatic N) is 1. The van der Waals surface area contributed by atoms with E-state index in [1.165, 1.54) is 11.0 Å². The highest BCUT2D eigenvalue weighted by atomic mass is 16.3. The number of likely N-dealkylation sites (N-methyl/N-ethyl adjacent to an activating group) is 1. The fraction of sp³-hybridized carbons (Fsp3) is 0.393. The molecule has 2 aromatic carbocycles. The molecule has 4 N–H and O–H groups in total. The molecule has 3 aliphatic rings. The molecule has 192 valence electrons. The molecule has 9 heteroatoms. The van der Waals surface area contributed by atoms with Crippen LogP contribution in [0.25, 0.3) is 0 Å². The minimum absolute atomic E-state index is 0.0158. The molecule has 9 nitrogen and oxygen atoms in total. The van der Waals surface area contributed by atoms with Crippen LogP contribution < -0.4 is 5.73 Å². The van der Waals surface area contributed by atoms with Crippen LogP contribution in [0.1, 0.15) is 39.4 Å². The van der Waals surface area contributed by atoms with Crippen LogP contribution in [0.4, 0.5) is 0 Å². The Morgan fingerprint density at radius 3 is 2.24 bits per heavy atom. The van der Waals surface area contributed by atoms with Crippen molar-refractivity contribution in [1.29, 1.82) is 0 Å². The molecule has 0 aliphatic heterocycles. The monoisotopic (exact) mass is 504 g/mol. The number of hydrogen-bond donors (Lipinski definition) is 3. The summed E-state index contributed by atoms with van der Waals surface area (Å²) >= 11 is 0. The van der Waals surface area contributed by atoms with E-state index in [1.54, 1.807) is 26.2 Å². The van der Waals surface area contributed by atoms with E-state index in [2.05, 4.69) is 0 Å². The zero-order chi connectivity index (χ0) is 27.0. The highest BCUT2D eigenvalue weighted by Crippen LogP contribution is 2.55. The summed E-state index contributed by atoms with van der Waals surface area (Å²) in [6.07, 6.45) is -0.0158. The average Bonchev–Trinajstić information content (AvgIpc) is 2.82. The van der Waals surface area contributed by atoms with Crippen molar-refractivity contribution in [2.24, 2.45) is 29.4 Å². The largest absolute Gasteiger partial charge is 0.507 e. The molecule has 0 spiro atoms. The van der Waals surface area contributed by atoms with Gasteiger partial charge in [-0.25, -0.2) is 0 Å². The third kappa shape index (κ3) is 3.34. The molecule has 37 heavy (non-hydrogen) atoms. The Kier molecular flexibility index (Phi) is 5.69. The lowest BCUT2D eigenvalue weighted by molar-refractivity contribution is -0.181. The van der Waals surface area contributed by atoms with Crippen LogP contribution in [0.15, 0.2) is 42.5 Å². The summed E-state index contributed by atoms with van der Waals surface area (Å²) in [5, 5.41) is 22.4. The van der Waals surface area contributed by atoms with Gasteiger partial charge < -0.3 is 15.9 Å². The molecule has 0 aromatic heterocycles. The molecular formula is C28H28N2O7. The topological polar surface area (TPSA) is 155 Å². The number of rotatable bonds is 3.